The predicted octanol–water partition coefficient (Wildman–Crippen LogP) is 0.552. The number of ether oxygens (including phenoxy) is 1. The Hall–Kier alpha value is -1.01. The fraction of sp³-hybridized carbons (Fsp3) is 0.667. The molecule has 0 aliphatic heterocycles. The summed E-state index contributed by atoms with van der Waals surface area (Å²) in [5.41, 5.74) is 0. The van der Waals surface area contributed by atoms with E-state index >= 15 is 0 Å². The number of carbonyl (C=O) groups is 1. The summed E-state index contributed by atoms with van der Waals surface area (Å²) in [4.78, 5) is 10.9. The van der Waals surface area contributed by atoms with Gasteiger partial charge in [-0.15, -0.1) is 12.3 Å². The van der Waals surface area contributed by atoms with Crippen molar-refractivity contribution in [2.45, 2.75) is 19.8 Å². The molecule has 1 amide bonds. The van der Waals surface area contributed by atoms with Gasteiger partial charge in [-0.2, -0.15) is 0 Å². The van der Waals surface area contributed by atoms with E-state index in [4.69, 9.17) is 11.2 Å². The third-order valence-corrected chi connectivity index (χ3v) is 1.26. The smallest absolute Gasteiger partial charge is 0.245 e. The number of hydrogen-bond acceptors (Lipinski definition) is 2. The quantitative estimate of drug-likeness (QED) is 0.466. The molecule has 0 saturated heterocycles. The minimum atomic E-state index is -0.0751. The highest BCUT2D eigenvalue weighted by atomic mass is 16.5. The summed E-state index contributed by atoms with van der Waals surface area (Å²) in [6, 6.07) is 0. The van der Waals surface area contributed by atoms with E-state index in [0.717, 1.165) is 6.42 Å². The molecule has 0 unspecified atom stereocenters. The van der Waals surface area contributed by atoms with E-state index in [1.807, 2.05) is 6.92 Å². The molecule has 0 atom stereocenters. The number of amides is 1. The molecule has 0 bridgehead atoms. The van der Waals surface area contributed by atoms with Crippen LogP contribution in [0.1, 0.15) is 19.8 Å². The molecule has 0 fully saturated rings. The van der Waals surface area contributed by atoms with Gasteiger partial charge in [0.2, 0.25) is 5.91 Å². The Balaban J connectivity index is 3.15. The van der Waals surface area contributed by atoms with Crippen LogP contribution in [0.2, 0.25) is 0 Å². The zero-order valence-corrected chi connectivity index (χ0v) is 7.43. The van der Waals surface area contributed by atoms with Gasteiger partial charge in [0, 0.05) is 19.6 Å². The number of rotatable bonds is 6. The van der Waals surface area contributed by atoms with Crippen LogP contribution in [-0.4, -0.2) is 25.7 Å². The zero-order chi connectivity index (χ0) is 9.23. The SMILES string of the molecule is C#CCCCNC(=O)COCC. The maximum absolute atomic E-state index is 10.9. The van der Waals surface area contributed by atoms with Gasteiger partial charge < -0.3 is 10.1 Å². The van der Waals surface area contributed by atoms with Gasteiger partial charge in [-0.25, -0.2) is 0 Å². The molecule has 0 spiro atoms. The highest BCUT2D eigenvalue weighted by molar-refractivity contribution is 5.77. The Morgan fingerprint density at radius 2 is 2.42 bits per heavy atom. The summed E-state index contributed by atoms with van der Waals surface area (Å²) in [5, 5.41) is 2.69. The molecule has 12 heavy (non-hydrogen) atoms. The standard InChI is InChI=1S/C9H15NO2/c1-3-5-6-7-10-9(11)8-12-4-2/h1H,4-8H2,2H3,(H,10,11). The van der Waals surface area contributed by atoms with Crippen LogP contribution in [0.4, 0.5) is 0 Å². The Labute approximate surface area is 73.5 Å². The van der Waals surface area contributed by atoms with E-state index in [2.05, 4.69) is 11.2 Å². The van der Waals surface area contributed by atoms with E-state index in [1.165, 1.54) is 0 Å². The second-order valence-corrected chi connectivity index (χ2v) is 2.29. The Morgan fingerprint density at radius 1 is 1.67 bits per heavy atom. The summed E-state index contributed by atoms with van der Waals surface area (Å²) in [6.45, 7) is 3.20. The maximum atomic E-state index is 10.9. The number of nitrogens with one attached hydrogen (secondary N) is 1. The van der Waals surface area contributed by atoms with Crippen LogP contribution < -0.4 is 5.32 Å². The van der Waals surface area contributed by atoms with E-state index in [-0.39, 0.29) is 12.5 Å². The van der Waals surface area contributed by atoms with Crippen molar-refractivity contribution in [3.8, 4) is 12.3 Å². The first-order chi connectivity index (χ1) is 5.81. The normalized spacial score (nSPS) is 9.00. The van der Waals surface area contributed by atoms with Crippen molar-refractivity contribution in [1.82, 2.24) is 5.32 Å². The second kappa shape index (κ2) is 8.09. The lowest BCUT2D eigenvalue weighted by Crippen LogP contribution is -2.28. The molecule has 0 heterocycles. The molecule has 0 saturated carbocycles. The van der Waals surface area contributed by atoms with E-state index in [0.29, 0.717) is 19.6 Å². The average Bonchev–Trinajstić information content (AvgIpc) is 2.09. The van der Waals surface area contributed by atoms with Gasteiger partial charge in [0.15, 0.2) is 0 Å². The molecule has 68 valence electrons. The summed E-state index contributed by atoms with van der Waals surface area (Å²) in [6.07, 6.45) is 6.57. The van der Waals surface area contributed by atoms with Gasteiger partial charge in [-0.1, -0.05) is 0 Å². The lowest BCUT2D eigenvalue weighted by molar-refractivity contribution is -0.125. The van der Waals surface area contributed by atoms with Crippen molar-refractivity contribution >= 4 is 5.91 Å². The van der Waals surface area contributed by atoms with Crippen molar-refractivity contribution < 1.29 is 9.53 Å². The van der Waals surface area contributed by atoms with Gasteiger partial charge in [-0.3, -0.25) is 4.79 Å². The van der Waals surface area contributed by atoms with E-state index < -0.39 is 0 Å². The molecular formula is C9H15NO2. The summed E-state index contributed by atoms with van der Waals surface area (Å²) in [5.74, 6) is 2.43. The molecule has 0 radical (unpaired) electrons. The van der Waals surface area contributed by atoms with Gasteiger partial charge in [-0.05, 0) is 13.3 Å². The Morgan fingerprint density at radius 3 is 3.00 bits per heavy atom. The van der Waals surface area contributed by atoms with Crippen LogP contribution in [0.5, 0.6) is 0 Å². The first kappa shape index (κ1) is 11.0. The van der Waals surface area contributed by atoms with Gasteiger partial charge in [0.25, 0.3) is 0 Å². The lowest BCUT2D eigenvalue weighted by atomic mass is 10.3. The maximum Gasteiger partial charge on any atom is 0.245 e. The fourth-order valence-corrected chi connectivity index (χ4v) is 0.664. The highest BCUT2D eigenvalue weighted by Gasteiger charge is 1.97. The van der Waals surface area contributed by atoms with Crippen molar-refractivity contribution in [3.63, 3.8) is 0 Å². The van der Waals surface area contributed by atoms with Crippen LogP contribution >= 0.6 is 0 Å². The van der Waals surface area contributed by atoms with Crippen LogP contribution in [0.25, 0.3) is 0 Å². The van der Waals surface area contributed by atoms with Gasteiger partial charge >= 0.3 is 0 Å². The second-order valence-electron chi connectivity index (χ2n) is 2.29. The van der Waals surface area contributed by atoms with E-state index in [9.17, 15) is 4.79 Å². The van der Waals surface area contributed by atoms with Crippen LogP contribution in [0.15, 0.2) is 0 Å². The molecule has 0 aliphatic rings. The molecule has 3 nitrogen and oxygen atoms in total. The fourth-order valence-electron chi connectivity index (χ4n) is 0.664. The number of terminal acetylenes is 1. The van der Waals surface area contributed by atoms with Crippen molar-refractivity contribution in [2.75, 3.05) is 19.8 Å². The first-order valence-electron chi connectivity index (χ1n) is 4.09. The number of unbranched alkanes of at least 4 members (excludes halogenated alkanes) is 1. The summed E-state index contributed by atoms with van der Waals surface area (Å²) in [7, 11) is 0. The molecule has 0 aromatic carbocycles. The van der Waals surface area contributed by atoms with E-state index in [1.54, 1.807) is 0 Å². The van der Waals surface area contributed by atoms with Crippen LogP contribution in [0.3, 0.4) is 0 Å². The summed E-state index contributed by atoms with van der Waals surface area (Å²) >= 11 is 0. The topological polar surface area (TPSA) is 38.3 Å². The molecule has 0 rings (SSSR count). The first-order valence-corrected chi connectivity index (χ1v) is 4.09. The molecule has 3 heteroatoms. The van der Waals surface area contributed by atoms with Crippen molar-refractivity contribution in [2.24, 2.45) is 0 Å². The minimum Gasteiger partial charge on any atom is -0.372 e. The molecule has 1 N–H and O–H groups in total. The Bertz CT molecular complexity index is 160. The summed E-state index contributed by atoms with van der Waals surface area (Å²) < 4.78 is 4.90. The molecule has 0 aromatic rings. The Kier molecular flexibility index (Phi) is 7.41. The average molecular weight is 169 g/mol. The molecule has 0 aliphatic carbocycles. The minimum absolute atomic E-state index is 0.0751. The molecule has 0 aromatic heterocycles. The van der Waals surface area contributed by atoms with Gasteiger partial charge in [0.1, 0.15) is 6.61 Å². The third-order valence-electron chi connectivity index (χ3n) is 1.26. The predicted molar refractivity (Wildman–Crippen MR) is 47.6 cm³/mol. The third kappa shape index (κ3) is 7.10. The monoisotopic (exact) mass is 169 g/mol. The number of carbonyl (C=O) groups excluding carboxylic acids is 1. The van der Waals surface area contributed by atoms with Crippen LogP contribution in [0, 0.1) is 12.3 Å². The lowest BCUT2D eigenvalue weighted by Gasteiger charge is -2.02. The number of hydrogen-bond donors (Lipinski definition) is 1. The van der Waals surface area contributed by atoms with Crippen molar-refractivity contribution in [3.05, 3.63) is 0 Å². The highest BCUT2D eigenvalue weighted by Crippen LogP contribution is 1.82. The zero-order valence-electron chi connectivity index (χ0n) is 7.43. The van der Waals surface area contributed by atoms with Crippen LogP contribution in [-0.2, 0) is 9.53 Å². The van der Waals surface area contributed by atoms with Gasteiger partial charge in [0.05, 0.1) is 0 Å². The largest absolute Gasteiger partial charge is 0.372 e. The van der Waals surface area contributed by atoms with Crippen molar-refractivity contribution in [1.29, 1.82) is 0 Å². The molecular weight excluding hydrogens is 154 g/mol.